The van der Waals surface area contributed by atoms with Crippen molar-refractivity contribution in [2.24, 2.45) is 0 Å². The number of methoxy groups -OCH3 is 1. The minimum Gasteiger partial charge on any atom is -0.496 e. The van der Waals surface area contributed by atoms with Crippen LogP contribution in [0.2, 0.25) is 0 Å². The van der Waals surface area contributed by atoms with Gasteiger partial charge in [-0.05, 0) is 35.4 Å². The summed E-state index contributed by atoms with van der Waals surface area (Å²) in [5, 5.41) is -0.0345. The molecule has 0 unspecified atom stereocenters. The molecule has 0 radical (unpaired) electrons. The number of hydrogen-bond donors (Lipinski definition) is 0. The summed E-state index contributed by atoms with van der Waals surface area (Å²) in [6, 6.07) is 25.5. The predicted molar refractivity (Wildman–Crippen MR) is 116 cm³/mol. The van der Waals surface area contributed by atoms with Crippen LogP contribution in [-0.4, -0.2) is 30.2 Å². The number of nitrogens with zero attached hydrogens (tertiary/aromatic N) is 1. The van der Waals surface area contributed by atoms with Gasteiger partial charge in [0.1, 0.15) is 23.5 Å². The molecule has 0 spiro atoms. The summed E-state index contributed by atoms with van der Waals surface area (Å²) in [5.74, 6) is 2.31. The van der Waals surface area contributed by atoms with Crippen molar-refractivity contribution in [2.45, 2.75) is 12.0 Å². The summed E-state index contributed by atoms with van der Waals surface area (Å²) < 4.78 is 11.4. The Balaban J connectivity index is 1.52. The quantitative estimate of drug-likeness (QED) is 0.568. The van der Waals surface area contributed by atoms with Crippen LogP contribution in [-0.2, 0) is 6.61 Å². The molecule has 3 aromatic rings. The van der Waals surface area contributed by atoms with Crippen molar-refractivity contribution >= 4 is 17.7 Å². The van der Waals surface area contributed by atoms with Crippen molar-refractivity contribution in [2.75, 3.05) is 19.4 Å². The van der Waals surface area contributed by atoms with E-state index in [2.05, 4.69) is 6.07 Å². The van der Waals surface area contributed by atoms with E-state index in [9.17, 15) is 4.79 Å². The largest absolute Gasteiger partial charge is 0.496 e. The Kier molecular flexibility index (Phi) is 6.06. The number of amides is 1. The van der Waals surface area contributed by atoms with Crippen LogP contribution < -0.4 is 9.47 Å². The molecule has 4 nitrogen and oxygen atoms in total. The zero-order chi connectivity index (χ0) is 20.1. The minimum absolute atomic E-state index is 0.00643. The van der Waals surface area contributed by atoms with Gasteiger partial charge in [-0.3, -0.25) is 4.79 Å². The summed E-state index contributed by atoms with van der Waals surface area (Å²) in [6.45, 7) is 1.23. The van der Waals surface area contributed by atoms with Crippen LogP contribution in [0.1, 0.15) is 26.9 Å². The number of para-hydroxylation sites is 1. The van der Waals surface area contributed by atoms with Gasteiger partial charge in [0.2, 0.25) is 0 Å². The Labute approximate surface area is 175 Å². The summed E-state index contributed by atoms with van der Waals surface area (Å²) in [4.78, 5) is 15.1. The maximum Gasteiger partial charge on any atom is 0.258 e. The highest BCUT2D eigenvalue weighted by atomic mass is 32.2. The molecule has 5 heteroatoms. The second kappa shape index (κ2) is 9.05. The number of carbonyl (C=O) groups excluding carboxylic acids is 1. The van der Waals surface area contributed by atoms with Gasteiger partial charge in [-0.25, -0.2) is 0 Å². The highest BCUT2D eigenvalue weighted by Crippen LogP contribution is 2.40. The van der Waals surface area contributed by atoms with Gasteiger partial charge < -0.3 is 14.4 Å². The third kappa shape index (κ3) is 4.40. The van der Waals surface area contributed by atoms with Gasteiger partial charge in [0, 0.05) is 12.3 Å². The van der Waals surface area contributed by atoms with Gasteiger partial charge in [-0.1, -0.05) is 54.6 Å². The molecule has 148 valence electrons. The monoisotopic (exact) mass is 405 g/mol. The molecular formula is C24H23NO3S. The highest BCUT2D eigenvalue weighted by molar-refractivity contribution is 7.99. The molecule has 0 saturated carbocycles. The van der Waals surface area contributed by atoms with Gasteiger partial charge in [0.05, 0.1) is 12.7 Å². The second-order valence-electron chi connectivity index (χ2n) is 6.77. The van der Waals surface area contributed by atoms with Crippen molar-refractivity contribution in [1.82, 2.24) is 4.90 Å². The Hall–Kier alpha value is -2.92. The normalized spacial score (nSPS) is 15.9. The Bertz CT molecular complexity index is 977. The lowest BCUT2D eigenvalue weighted by Crippen LogP contribution is -2.30. The maximum absolute atomic E-state index is 13.2. The molecule has 1 heterocycles. The average molecular weight is 406 g/mol. The van der Waals surface area contributed by atoms with E-state index in [0.717, 1.165) is 22.6 Å². The Morgan fingerprint density at radius 3 is 2.66 bits per heavy atom. The minimum atomic E-state index is -0.0345. The standard InChI is InChI=1S/C24H23NO3S/c1-27-22-13-6-5-12-21(22)23(26)25-14-15-29-24(25)19-10-7-11-20(16-19)28-17-18-8-3-2-4-9-18/h2-13,16,24H,14-15,17H2,1H3/t24-/m0/s1. The molecule has 1 fully saturated rings. The summed E-state index contributed by atoms with van der Waals surface area (Å²) in [7, 11) is 1.59. The molecule has 1 atom stereocenters. The zero-order valence-corrected chi connectivity index (χ0v) is 17.1. The van der Waals surface area contributed by atoms with E-state index >= 15 is 0 Å². The van der Waals surface area contributed by atoms with E-state index in [1.807, 2.05) is 77.7 Å². The molecular weight excluding hydrogens is 382 g/mol. The first-order chi connectivity index (χ1) is 14.3. The van der Waals surface area contributed by atoms with Crippen LogP contribution >= 0.6 is 11.8 Å². The number of carbonyl (C=O) groups is 1. The third-order valence-corrected chi connectivity index (χ3v) is 6.14. The van der Waals surface area contributed by atoms with E-state index in [1.54, 1.807) is 18.9 Å². The molecule has 1 amide bonds. The van der Waals surface area contributed by atoms with Gasteiger partial charge in [0.15, 0.2) is 0 Å². The average Bonchev–Trinajstić information content (AvgIpc) is 3.28. The molecule has 29 heavy (non-hydrogen) atoms. The van der Waals surface area contributed by atoms with Gasteiger partial charge in [-0.15, -0.1) is 11.8 Å². The van der Waals surface area contributed by atoms with Crippen molar-refractivity contribution in [3.8, 4) is 11.5 Å². The molecule has 1 aliphatic rings. The topological polar surface area (TPSA) is 38.8 Å². The molecule has 1 saturated heterocycles. The summed E-state index contributed by atoms with van der Waals surface area (Å²) in [5.41, 5.74) is 2.79. The first-order valence-corrected chi connectivity index (χ1v) is 10.6. The number of thioether (sulfide) groups is 1. The summed E-state index contributed by atoms with van der Waals surface area (Å²) >= 11 is 1.77. The molecule has 0 aromatic heterocycles. The smallest absolute Gasteiger partial charge is 0.258 e. The lowest BCUT2D eigenvalue weighted by Gasteiger charge is -2.25. The number of rotatable bonds is 6. The number of ether oxygens (including phenoxy) is 2. The van der Waals surface area contributed by atoms with E-state index in [1.165, 1.54) is 0 Å². The predicted octanol–water partition coefficient (Wildman–Crippen LogP) is 5.16. The first kappa shape index (κ1) is 19.4. The second-order valence-corrected chi connectivity index (χ2v) is 7.96. The maximum atomic E-state index is 13.2. The zero-order valence-electron chi connectivity index (χ0n) is 16.3. The van der Waals surface area contributed by atoms with Crippen molar-refractivity contribution in [3.05, 3.63) is 95.6 Å². The molecule has 0 N–H and O–H groups in total. The fourth-order valence-corrected chi connectivity index (χ4v) is 4.67. The lowest BCUT2D eigenvalue weighted by atomic mass is 10.1. The fourth-order valence-electron chi connectivity index (χ4n) is 3.43. The molecule has 4 rings (SSSR count). The highest BCUT2D eigenvalue weighted by Gasteiger charge is 2.32. The molecule has 0 aliphatic carbocycles. The first-order valence-electron chi connectivity index (χ1n) is 9.58. The van der Waals surface area contributed by atoms with Gasteiger partial charge in [-0.2, -0.15) is 0 Å². The van der Waals surface area contributed by atoms with Crippen LogP contribution in [0.15, 0.2) is 78.9 Å². The van der Waals surface area contributed by atoms with Crippen LogP contribution in [0.5, 0.6) is 11.5 Å². The molecule has 0 bridgehead atoms. The Morgan fingerprint density at radius 1 is 1.03 bits per heavy atom. The van der Waals surface area contributed by atoms with Crippen LogP contribution in [0.25, 0.3) is 0 Å². The van der Waals surface area contributed by atoms with E-state index in [0.29, 0.717) is 24.5 Å². The SMILES string of the molecule is COc1ccccc1C(=O)N1CCS[C@H]1c1cccc(OCc2ccccc2)c1. The van der Waals surface area contributed by atoms with Crippen LogP contribution in [0.3, 0.4) is 0 Å². The molecule has 3 aromatic carbocycles. The van der Waals surface area contributed by atoms with E-state index in [-0.39, 0.29) is 11.3 Å². The van der Waals surface area contributed by atoms with Gasteiger partial charge in [0.25, 0.3) is 5.91 Å². The van der Waals surface area contributed by atoms with Gasteiger partial charge >= 0.3 is 0 Å². The van der Waals surface area contributed by atoms with Crippen molar-refractivity contribution in [1.29, 1.82) is 0 Å². The van der Waals surface area contributed by atoms with Crippen LogP contribution in [0, 0.1) is 0 Å². The number of benzene rings is 3. The van der Waals surface area contributed by atoms with E-state index < -0.39 is 0 Å². The van der Waals surface area contributed by atoms with Crippen molar-refractivity contribution < 1.29 is 14.3 Å². The van der Waals surface area contributed by atoms with E-state index in [4.69, 9.17) is 9.47 Å². The summed E-state index contributed by atoms with van der Waals surface area (Å²) in [6.07, 6.45) is 0. The van der Waals surface area contributed by atoms with Crippen LogP contribution in [0.4, 0.5) is 0 Å². The third-order valence-electron chi connectivity index (χ3n) is 4.88. The lowest BCUT2D eigenvalue weighted by molar-refractivity contribution is 0.0756. The number of hydrogen-bond acceptors (Lipinski definition) is 4. The molecule has 1 aliphatic heterocycles. The fraction of sp³-hybridized carbons (Fsp3) is 0.208. The van der Waals surface area contributed by atoms with Crippen molar-refractivity contribution in [3.63, 3.8) is 0 Å². The Morgan fingerprint density at radius 2 is 1.83 bits per heavy atom.